The molecule has 3 fully saturated rings. The zero-order valence-corrected chi connectivity index (χ0v) is 15.5. The molecule has 6 heteroatoms. The van der Waals surface area contributed by atoms with Gasteiger partial charge in [0.1, 0.15) is 0 Å². The van der Waals surface area contributed by atoms with Gasteiger partial charge in [-0.15, -0.1) is 12.4 Å². The highest BCUT2D eigenvalue weighted by Crippen LogP contribution is 2.63. The molecule has 134 valence electrons. The Bertz CT molecular complexity index is 558. The van der Waals surface area contributed by atoms with Crippen LogP contribution in [0.2, 0.25) is 0 Å². The van der Waals surface area contributed by atoms with Crippen LogP contribution in [0.15, 0.2) is 30.3 Å². The van der Waals surface area contributed by atoms with Gasteiger partial charge in [-0.1, -0.05) is 44.2 Å². The maximum Gasteiger partial charge on any atom is 0.472 e. The Morgan fingerprint density at radius 2 is 1.88 bits per heavy atom. The van der Waals surface area contributed by atoms with Crippen molar-refractivity contribution in [1.82, 2.24) is 0 Å². The number of halogens is 1. The number of nitrogens with two attached hydrogens (primary N) is 1. The molecule has 3 aliphatic carbocycles. The highest BCUT2D eigenvalue weighted by Gasteiger charge is 2.64. The van der Waals surface area contributed by atoms with E-state index in [1.54, 1.807) is 0 Å². The van der Waals surface area contributed by atoms with Crippen molar-refractivity contribution >= 4 is 19.5 Å². The molecule has 0 unspecified atom stereocenters. The van der Waals surface area contributed by atoms with Crippen molar-refractivity contribution < 1.29 is 14.8 Å². The lowest BCUT2D eigenvalue weighted by molar-refractivity contribution is -0.239. The molecule has 0 amide bonds. The minimum atomic E-state index is -1.08. The predicted octanol–water partition coefficient (Wildman–Crippen LogP) is 2.20. The Balaban J connectivity index is 0.00000208. The van der Waals surface area contributed by atoms with E-state index in [0.29, 0.717) is 12.3 Å². The van der Waals surface area contributed by atoms with E-state index in [0.717, 1.165) is 18.4 Å². The number of aliphatic hydroxyl groups is 1. The van der Waals surface area contributed by atoms with E-state index in [-0.39, 0.29) is 23.7 Å². The molecule has 3 aliphatic rings. The Kier molecular flexibility index (Phi) is 5.73. The zero-order valence-electron chi connectivity index (χ0n) is 14.7. The molecule has 0 radical (unpaired) electrons. The summed E-state index contributed by atoms with van der Waals surface area (Å²) in [6.07, 6.45) is 1.80. The summed E-state index contributed by atoms with van der Waals surface area (Å²) in [7, 11) is -1.08. The molecule has 2 bridgehead atoms. The summed E-state index contributed by atoms with van der Waals surface area (Å²) in [5.41, 5.74) is 6.63. The summed E-state index contributed by atoms with van der Waals surface area (Å²) in [4.78, 5) is 0. The molecular weight excluding hydrogens is 324 g/mol. The standard InChI is InChI=1S/C18H28BNO3.ClH/c1-17(2)13-10-14(17)18(3,15(21)11-13)23-19(22)16(20)9-12-7-5-4-6-8-12;/h4-8,13-16,21-22H,9-11,20H2,1-3H3;1H/t13-,14-,15+,16-,18-;/m0./s1. The third kappa shape index (κ3) is 3.25. The minimum Gasteiger partial charge on any atom is -0.426 e. The van der Waals surface area contributed by atoms with Gasteiger partial charge in [-0.05, 0) is 49.0 Å². The van der Waals surface area contributed by atoms with Crippen molar-refractivity contribution in [3.63, 3.8) is 0 Å². The Morgan fingerprint density at radius 1 is 1.25 bits per heavy atom. The van der Waals surface area contributed by atoms with Crippen LogP contribution < -0.4 is 5.73 Å². The number of fused-ring (bicyclic) bond motifs is 2. The molecule has 1 aromatic rings. The van der Waals surface area contributed by atoms with Gasteiger partial charge in [-0.25, -0.2) is 0 Å². The lowest BCUT2D eigenvalue weighted by atomic mass is 9.43. The number of rotatable bonds is 5. The number of hydrogen-bond acceptors (Lipinski definition) is 4. The first-order valence-corrected chi connectivity index (χ1v) is 8.58. The highest BCUT2D eigenvalue weighted by atomic mass is 35.5. The van der Waals surface area contributed by atoms with Crippen LogP contribution in [-0.2, 0) is 11.1 Å². The van der Waals surface area contributed by atoms with Crippen LogP contribution in [0.4, 0.5) is 0 Å². The van der Waals surface area contributed by atoms with Crippen molar-refractivity contribution in [2.75, 3.05) is 0 Å². The van der Waals surface area contributed by atoms with Gasteiger partial charge in [-0.3, -0.25) is 0 Å². The normalized spacial score (nSPS) is 34.7. The molecular formula is C18H29BClNO3. The van der Waals surface area contributed by atoms with E-state index in [2.05, 4.69) is 13.8 Å². The van der Waals surface area contributed by atoms with Crippen molar-refractivity contribution in [3.05, 3.63) is 35.9 Å². The molecule has 0 aliphatic heterocycles. The molecule has 0 heterocycles. The summed E-state index contributed by atoms with van der Waals surface area (Å²) in [6.45, 7) is 6.39. The van der Waals surface area contributed by atoms with Gasteiger partial charge in [0.2, 0.25) is 0 Å². The van der Waals surface area contributed by atoms with Crippen molar-refractivity contribution in [1.29, 1.82) is 0 Å². The second kappa shape index (κ2) is 6.97. The SMILES string of the molecule is CC1(C)[C@@H]2C[C@@H](O)[C@@](C)(OB(O)[C@@H](N)Cc3ccccc3)[C@H]1C2.Cl. The first-order valence-electron chi connectivity index (χ1n) is 8.58. The number of aliphatic hydroxyl groups excluding tert-OH is 1. The summed E-state index contributed by atoms with van der Waals surface area (Å²) in [6, 6.07) is 9.85. The first-order chi connectivity index (χ1) is 10.7. The van der Waals surface area contributed by atoms with Gasteiger partial charge in [0.15, 0.2) is 0 Å². The number of hydrogen-bond donors (Lipinski definition) is 3. The molecule has 4 rings (SSSR count). The van der Waals surface area contributed by atoms with Gasteiger partial charge in [0, 0.05) is 5.94 Å². The van der Waals surface area contributed by atoms with Gasteiger partial charge in [-0.2, -0.15) is 0 Å². The lowest BCUT2D eigenvalue weighted by Crippen LogP contribution is -2.69. The Hall–Kier alpha value is -0.585. The fourth-order valence-corrected chi connectivity index (χ4v) is 4.62. The molecule has 4 nitrogen and oxygen atoms in total. The van der Waals surface area contributed by atoms with Crippen molar-refractivity contribution in [3.8, 4) is 0 Å². The van der Waals surface area contributed by atoms with Crippen LogP contribution in [0.25, 0.3) is 0 Å². The van der Waals surface area contributed by atoms with Crippen LogP contribution in [0.1, 0.15) is 39.2 Å². The van der Waals surface area contributed by atoms with Crippen molar-refractivity contribution in [2.24, 2.45) is 23.0 Å². The fourth-order valence-electron chi connectivity index (χ4n) is 4.62. The maximum absolute atomic E-state index is 10.5. The predicted molar refractivity (Wildman–Crippen MR) is 98.8 cm³/mol. The molecule has 3 saturated carbocycles. The lowest BCUT2D eigenvalue weighted by Gasteiger charge is -2.66. The zero-order chi connectivity index (χ0) is 16.8. The van der Waals surface area contributed by atoms with Gasteiger partial charge >= 0.3 is 7.12 Å². The summed E-state index contributed by atoms with van der Waals surface area (Å²) < 4.78 is 5.99. The third-order valence-corrected chi connectivity index (χ3v) is 6.39. The van der Waals surface area contributed by atoms with Crippen LogP contribution in [-0.4, -0.2) is 34.9 Å². The topological polar surface area (TPSA) is 75.7 Å². The minimum absolute atomic E-state index is 0. The Morgan fingerprint density at radius 3 is 2.46 bits per heavy atom. The largest absolute Gasteiger partial charge is 0.472 e. The molecule has 4 N–H and O–H groups in total. The summed E-state index contributed by atoms with van der Waals surface area (Å²) in [5.74, 6) is 0.291. The fraction of sp³-hybridized carbons (Fsp3) is 0.667. The summed E-state index contributed by atoms with van der Waals surface area (Å²) in [5, 5.41) is 21.0. The van der Waals surface area contributed by atoms with Gasteiger partial charge in [0.25, 0.3) is 0 Å². The van der Waals surface area contributed by atoms with E-state index in [9.17, 15) is 10.1 Å². The summed E-state index contributed by atoms with van der Waals surface area (Å²) >= 11 is 0. The van der Waals surface area contributed by atoms with E-state index < -0.39 is 24.8 Å². The smallest absolute Gasteiger partial charge is 0.426 e. The average molecular weight is 354 g/mol. The van der Waals surface area contributed by atoms with E-state index in [1.165, 1.54) is 0 Å². The van der Waals surface area contributed by atoms with Crippen LogP contribution >= 0.6 is 12.4 Å². The molecule has 1 aromatic carbocycles. The van der Waals surface area contributed by atoms with Crippen LogP contribution in [0.5, 0.6) is 0 Å². The van der Waals surface area contributed by atoms with E-state index in [4.69, 9.17) is 10.4 Å². The quantitative estimate of drug-likeness (QED) is 0.709. The van der Waals surface area contributed by atoms with Gasteiger partial charge < -0.3 is 20.5 Å². The molecule has 0 saturated heterocycles. The second-order valence-corrected chi connectivity index (χ2v) is 8.10. The molecule has 5 atom stereocenters. The Labute approximate surface area is 151 Å². The molecule has 24 heavy (non-hydrogen) atoms. The van der Waals surface area contributed by atoms with E-state index >= 15 is 0 Å². The second-order valence-electron chi connectivity index (χ2n) is 8.10. The third-order valence-electron chi connectivity index (χ3n) is 6.39. The van der Waals surface area contributed by atoms with Crippen LogP contribution in [0, 0.1) is 17.3 Å². The van der Waals surface area contributed by atoms with Gasteiger partial charge in [0.05, 0.1) is 11.7 Å². The number of benzene rings is 1. The molecule has 0 aromatic heterocycles. The average Bonchev–Trinajstić information content (AvgIpc) is 2.50. The maximum atomic E-state index is 10.5. The van der Waals surface area contributed by atoms with E-state index in [1.807, 2.05) is 37.3 Å². The molecule has 0 spiro atoms. The highest BCUT2D eigenvalue weighted by molar-refractivity contribution is 6.45. The van der Waals surface area contributed by atoms with Crippen molar-refractivity contribution in [2.45, 2.75) is 57.7 Å². The van der Waals surface area contributed by atoms with Crippen LogP contribution in [0.3, 0.4) is 0 Å². The first kappa shape index (κ1) is 19.7. The monoisotopic (exact) mass is 353 g/mol.